The van der Waals surface area contributed by atoms with Crippen LogP contribution in [0.25, 0.3) is 66.8 Å². The number of carboxylic acid groups (broad SMARTS) is 3. The van der Waals surface area contributed by atoms with E-state index in [9.17, 15) is 49.2 Å². The van der Waals surface area contributed by atoms with E-state index in [1.807, 2.05) is 19.0 Å². The van der Waals surface area contributed by atoms with Crippen molar-refractivity contribution in [2.75, 3.05) is 25.5 Å². The van der Waals surface area contributed by atoms with Crippen LogP contribution in [0.3, 0.4) is 0 Å². The molecule has 0 radical (unpaired) electrons. The molecule has 0 atom stereocenters. The predicted octanol–water partition coefficient (Wildman–Crippen LogP) is 7.78. The molecule has 0 bridgehead atoms. The topological polar surface area (TPSA) is 261 Å². The fourth-order valence-corrected chi connectivity index (χ4v) is 8.29. The van der Waals surface area contributed by atoms with Gasteiger partial charge in [-0.05, 0) is 72.3 Å². The summed E-state index contributed by atoms with van der Waals surface area (Å²) in [5.74, 6) is -6.11. The monoisotopic (exact) mass is 914 g/mol. The number of aromatic hydroxyl groups is 1. The van der Waals surface area contributed by atoms with Crippen molar-refractivity contribution >= 4 is 80.6 Å². The van der Waals surface area contributed by atoms with Crippen LogP contribution in [0.15, 0.2) is 105 Å². The summed E-state index contributed by atoms with van der Waals surface area (Å²) in [4.78, 5) is 79.3. The second-order valence-corrected chi connectivity index (χ2v) is 15.7. The van der Waals surface area contributed by atoms with Gasteiger partial charge in [-0.3, -0.25) is 14.4 Å². The van der Waals surface area contributed by atoms with E-state index in [0.717, 1.165) is 11.8 Å². The Bertz CT molecular complexity index is 3430. The molecule has 0 saturated carbocycles. The van der Waals surface area contributed by atoms with Crippen LogP contribution >= 0.6 is 23.2 Å². The fourth-order valence-electron chi connectivity index (χ4n) is 7.68. The lowest BCUT2D eigenvalue weighted by atomic mass is 9.88. The molecule has 2 amide bonds. The molecule has 18 heteroatoms. The van der Waals surface area contributed by atoms with Gasteiger partial charge in [0.2, 0.25) is 5.91 Å². The van der Waals surface area contributed by atoms with Gasteiger partial charge in [-0.15, -0.1) is 0 Å². The van der Waals surface area contributed by atoms with Crippen molar-refractivity contribution in [1.29, 1.82) is 5.41 Å². The van der Waals surface area contributed by atoms with Gasteiger partial charge in [0.05, 0.1) is 56.3 Å². The van der Waals surface area contributed by atoms with Gasteiger partial charge in [0.25, 0.3) is 5.91 Å². The van der Waals surface area contributed by atoms with Crippen LogP contribution in [-0.4, -0.2) is 70.8 Å². The van der Waals surface area contributed by atoms with Gasteiger partial charge in [-0.1, -0.05) is 29.3 Å². The smallest absolute Gasteiger partial charge is 0.337 e. The number of nitrogens with zero attached hydrogens (tertiary/aromatic N) is 1. The third kappa shape index (κ3) is 7.92. The zero-order valence-corrected chi connectivity index (χ0v) is 35.3. The molecule has 0 fully saturated rings. The Morgan fingerprint density at radius 3 is 2.09 bits per heavy atom. The van der Waals surface area contributed by atoms with E-state index in [2.05, 4.69) is 10.6 Å². The molecule has 0 spiro atoms. The van der Waals surface area contributed by atoms with Crippen LogP contribution in [0.4, 0.5) is 5.69 Å². The van der Waals surface area contributed by atoms with Crippen molar-refractivity contribution in [2.45, 2.75) is 6.54 Å². The number of carbonyl (C=O) groups is 5. The van der Waals surface area contributed by atoms with E-state index in [1.54, 1.807) is 24.3 Å². The molecule has 16 nitrogen and oxygen atoms in total. The van der Waals surface area contributed by atoms with E-state index >= 15 is 0 Å². The normalized spacial score (nSPS) is 11.3. The maximum atomic E-state index is 13.6. The van der Waals surface area contributed by atoms with Crippen LogP contribution in [-0.2, 0) is 11.3 Å². The van der Waals surface area contributed by atoms with Crippen molar-refractivity contribution in [3.63, 3.8) is 0 Å². The zero-order valence-electron chi connectivity index (χ0n) is 33.8. The van der Waals surface area contributed by atoms with E-state index in [4.69, 9.17) is 37.4 Å². The summed E-state index contributed by atoms with van der Waals surface area (Å²) in [6.45, 7) is -1.15. The summed E-state index contributed by atoms with van der Waals surface area (Å²) in [6.07, 6.45) is 0. The van der Waals surface area contributed by atoms with Crippen molar-refractivity contribution in [3.8, 4) is 50.7 Å². The second kappa shape index (κ2) is 16.8. The first-order valence-electron chi connectivity index (χ1n) is 19.3. The lowest BCUT2D eigenvalue weighted by molar-refractivity contribution is -0.120. The summed E-state index contributed by atoms with van der Waals surface area (Å²) in [6, 6.07) is 21.2. The molecule has 4 aromatic carbocycles. The number of halogens is 2. The first-order chi connectivity index (χ1) is 30.9. The Morgan fingerprint density at radius 2 is 1.38 bits per heavy atom. The second-order valence-electron chi connectivity index (χ2n) is 14.9. The van der Waals surface area contributed by atoms with Crippen molar-refractivity contribution < 1.29 is 53.2 Å². The maximum absolute atomic E-state index is 13.6. The third-order valence-electron chi connectivity index (χ3n) is 10.7. The highest BCUT2D eigenvalue weighted by Gasteiger charge is 2.30. The largest absolute Gasteiger partial charge is 0.508 e. The van der Waals surface area contributed by atoms with E-state index in [0.29, 0.717) is 27.5 Å². The fraction of sp³-hybridized carbons (Fsp3) is 0.0851. The molecule has 2 aliphatic heterocycles. The van der Waals surface area contributed by atoms with Crippen LogP contribution in [0.1, 0.15) is 47.0 Å². The summed E-state index contributed by atoms with van der Waals surface area (Å²) >= 11 is 13.6. The van der Waals surface area contributed by atoms with Gasteiger partial charge in [0.1, 0.15) is 28.4 Å². The van der Waals surface area contributed by atoms with Gasteiger partial charge in [-0.25, -0.2) is 14.4 Å². The first kappa shape index (κ1) is 43.4. The average Bonchev–Trinajstić information content (AvgIpc) is 3.26. The number of hydrogen-bond acceptors (Lipinski definition) is 11. The van der Waals surface area contributed by atoms with Gasteiger partial charge in [0, 0.05) is 76.6 Å². The minimum atomic E-state index is -1.51. The van der Waals surface area contributed by atoms with Crippen molar-refractivity contribution in [1.82, 2.24) is 10.6 Å². The number of carbonyl (C=O) groups excluding carboxylic acids is 2. The summed E-state index contributed by atoms with van der Waals surface area (Å²) in [7, 11) is 3.67. The number of phenolic OH excluding ortho intramolecular Hbond substituents is 1. The molecule has 326 valence electrons. The molecule has 2 heterocycles. The van der Waals surface area contributed by atoms with Crippen molar-refractivity contribution in [2.24, 2.45) is 0 Å². The molecular formula is C47H32Cl2N4O12. The summed E-state index contributed by atoms with van der Waals surface area (Å²) < 4.78 is 12.3. The number of rotatable bonds is 11. The highest BCUT2D eigenvalue weighted by molar-refractivity contribution is 6.41. The summed E-state index contributed by atoms with van der Waals surface area (Å²) in [5, 5.41) is 53.9. The van der Waals surface area contributed by atoms with Crippen LogP contribution < -0.4 is 26.3 Å². The Hall–Kier alpha value is -8.21. The van der Waals surface area contributed by atoms with Gasteiger partial charge in [0.15, 0.2) is 5.43 Å². The quantitative estimate of drug-likeness (QED) is 0.0612. The van der Waals surface area contributed by atoms with Crippen LogP contribution in [0, 0.1) is 5.41 Å². The van der Waals surface area contributed by atoms with Gasteiger partial charge < -0.3 is 50.2 Å². The van der Waals surface area contributed by atoms with E-state index < -0.39 is 58.8 Å². The number of aromatic carboxylic acids is 3. The number of hydrogen-bond donors (Lipinski definition) is 7. The third-order valence-corrected chi connectivity index (χ3v) is 11.4. The number of phenols is 1. The van der Waals surface area contributed by atoms with E-state index in [-0.39, 0.29) is 77.7 Å². The number of carboxylic acids is 3. The number of anilines is 1. The Labute approximate surface area is 375 Å². The molecule has 65 heavy (non-hydrogen) atoms. The van der Waals surface area contributed by atoms with Gasteiger partial charge >= 0.3 is 17.9 Å². The minimum Gasteiger partial charge on any atom is -0.508 e. The Morgan fingerprint density at radius 1 is 0.692 bits per heavy atom. The first-order valence-corrected chi connectivity index (χ1v) is 20.0. The van der Waals surface area contributed by atoms with Crippen LogP contribution in [0.2, 0.25) is 10.0 Å². The Balaban J connectivity index is 1.10. The van der Waals surface area contributed by atoms with Crippen LogP contribution in [0.5, 0.6) is 5.75 Å². The molecule has 8 rings (SSSR count). The Kier molecular flexibility index (Phi) is 11.2. The standard InChI is InChI=1S/C47H32Cl2N4O12/c1-53(2)22-5-9-27-35(15-22)64-34-14-21(50)4-8-26(34)39(27)40-32(48)17-30(42(49)41(40)47(62)63)44(57)52-19-37(56)51-18-31-33(55)12-11-28-38(25-10-6-23(54)16-36(25)65-43(28)31)24-7-3-20(45(58)59)13-29(24)46(60)61/h3-17,50,54H,18-19H2,1-2H3,(H,51,56)(H,52,57)(H,58,59)(H,60,61)(H,62,63). The zero-order chi connectivity index (χ0) is 46.6. The lowest BCUT2D eigenvalue weighted by Gasteiger charge is -2.21. The molecular weight excluding hydrogens is 883 g/mol. The summed E-state index contributed by atoms with van der Waals surface area (Å²) in [5.41, 5.74) is 0.228. The molecule has 0 saturated heterocycles. The molecule has 0 unspecified atom stereocenters. The number of benzene rings is 6. The average molecular weight is 916 g/mol. The molecule has 4 aliphatic rings. The van der Waals surface area contributed by atoms with Gasteiger partial charge in [-0.2, -0.15) is 0 Å². The highest BCUT2D eigenvalue weighted by Crippen LogP contribution is 2.47. The maximum Gasteiger partial charge on any atom is 0.337 e. The predicted molar refractivity (Wildman–Crippen MR) is 240 cm³/mol. The SMILES string of the molecule is CN(C)c1ccc2c(-c3c(Cl)cc(C(=O)NCC(=O)NCc4c5oc6cc(O)ccc6c(-c6ccc(C(=O)O)cc6C(=O)O)c-5ccc4=O)c(Cl)c3C(=O)O)c3ccc(=N)cc-3oc2c1. The number of nitrogens with one attached hydrogen (secondary N) is 3. The molecule has 4 aromatic rings. The van der Waals surface area contributed by atoms with Crippen molar-refractivity contribution in [3.05, 3.63) is 144 Å². The molecule has 0 aromatic heterocycles. The minimum absolute atomic E-state index is 0.0175. The highest BCUT2D eigenvalue weighted by atomic mass is 35.5. The van der Waals surface area contributed by atoms with E-state index in [1.165, 1.54) is 60.7 Å². The lowest BCUT2D eigenvalue weighted by Crippen LogP contribution is -2.37. The molecule has 2 aliphatic carbocycles. The number of amides is 2. The molecule has 7 N–H and O–H groups in total. The number of fused-ring (bicyclic) bond motifs is 4.